The summed E-state index contributed by atoms with van der Waals surface area (Å²) >= 11 is 0. The van der Waals surface area contributed by atoms with Gasteiger partial charge in [-0.05, 0) is 57.6 Å². The zero-order valence-corrected chi connectivity index (χ0v) is 16.1. The molecule has 4 rings (SSSR count). The lowest BCUT2D eigenvalue weighted by Crippen LogP contribution is -2.36. The van der Waals surface area contributed by atoms with Crippen LogP contribution in [0.15, 0.2) is 36.4 Å². The van der Waals surface area contributed by atoms with Crippen LogP contribution < -0.4 is 15.4 Å². The molecule has 2 saturated carbocycles. The van der Waals surface area contributed by atoms with Gasteiger partial charge >= 0.3 is 6.03 Å². The average molecular weight is 368 g/mol. The van der Waals surface area contributed by atoms with Crippen molar-refractivity contribution in [1.82, 2.24) is 15.1 Å². The van der Waals surface area contributed by atoms with Crippen molar-refractivity contribution in [2.75, 3.05) is 18.5 Å². The fourth-order valence-corrected chi connectivity index (χ4v) is 3.43. The fourth-order valence-electron chi connectivity index (χ4n) is 3.43. The van der Waals surface area contributed by atoms with E-state index < -0.39 is 0 Å². The van der Waals surface area contributed by atoms with Gasteiger partial charge in [-0.15, -0.1) is 0 Å². The molecule has 27 heavy (non-hydrogen) atoms. The minimum Gasteiger partial charge on any atom is -0.493 e. The normalized spacial score (nSPS) is 18.6. The van der Waals surface area contributed by atoms with E-state index in [1.807, 2.05) is 48.0 Å². The van der Waals surface area contributed by atoms with Crippen molar-refractivity contribution in [2.24, 2.45) is 11.3 Å². The maximum absolute atomic E-state index is 12.4. The number of amides is 2. The lowest BCUT2D eigenvalue weighted by Gasteiger charge is -2.18. The van der Waals surface area contributed by atoms with Crippen molar-refractivity contribution >= 4 is 11.8 Å². The number of rotatable bonds is 8. The summed E-state index contributed by atoms with van der Waals surface area (Å²) in [5.41, 5.74) is 0.984. The van der Waals surface area contributed by atoms with E-state index in [9.17, 15) is 4.79 Å². The third-order valence-electron chi connectivity index (χ3n) is 5.66. The van der Waals surface area contributed by atoms with Crippen molar-refractivity contribution in [3.8, 4) is 5.75 Å². The topological polar surface area (TPSA) is 68.2 Å². The molecule has 6 nitrogen and oxygen atoms in total. The maximum atomic E-state index is 12.4. The molecule has 0 saturated heterocycles. The summed E-state index contributed by atoms with van der Waals surface area (Å²) < 4.78 is 7.84. The fraction of sp³-hybridized carbons (Fsp3) is 0.524. The highest BCUT2D eigenvalue weighted by molar-refractivity contribution is 5.88. The van der Waals surface area contributed by atoms with E-state index in [0.717, 1.165) is 30.1 Å². The minimum absolute atomic E-state index is 0.0602. The van der Waals surface area contributed by atoms with Gasteiger partial charge in [0.15, 0.2) is 0 Å². The van der Waals surface area contributed by atoms with Gasteiger partial charge in [-0.2, -0.15) is 5.10 Å². The number of nitrogens with one attached hydrogen (secondary N) is 2. The first-order chi connectivity index (χ1) is 13.0. The van der Waals surface area contributed by atoms with E-state index in [1.165, 1.54) is 12.8 Å². The second-order valence-corrected chi connectivity index (χ2v) is 8.10. The molecule has 2 aliphatic carbocycles. The van der Waals surface area contributed by atoms with Crippen LogP contribution in [-0.2, 0) is 0 Å². The van der Waals surface area contributed by atoms with Crippen LogP contribution in [0.1, 0.15) is 44.3 Å². The van der Waals surface area contributed by atoms with Gasteiger partial charge in [-0.1, -0.05) is 18.2 Å². The van der Waals surface area contributed by atoms with E-state index in [1.54, 1.807) is 0 Å². The predicted octanol–water partition coefficient (Wildman–Crippen LogP) is 4.14. The van der Waals surface area contributed by atoms with Crippen LogP contribution in [0, 0.1) is 18.3 Å². The third-order valence-corrected chi connectivity index (χ3v) is 5.66. The Balaban J connectivity index is 1.29. The monoisotopic (exact) mass is 368 g/mol. The highest BCUT2D eigenvalue weighted by Crippen LogP contribution is 2.45. The summed E-state index contributed by atoms with van der Waals surface area (Å²) in [6, 6.07) is 11.9. The Morgan fingerprint density at radius 3 is 2.74 bits per heavy atom. The summed E-state index contributed by atoms with van der Waals surface area (Å²) in [6.07, 6.45) is 4.65. The van der Waals surface area contributed by atoms with Crippen LogP contribution in [0.2, 0.25) is 0 Å². The van der Waals surface area contributed by atoms with Crippen LogP contribution in [0.5, 0.6) is 5.75 Å². The van der Waals surface area contributed by atoms with Gasteiger partial charge in [-0.25, -0.2) is 9.48 Å². The minimum atomic E-state index is -0.176. The number of nitrogens with zero attached hydrogens (tertiary/aromatic N) is 2. The van der Waals surface area contributed by atoms with E-state index in [-0.39, 0.29) is 11.4 Å². The number of para-hydroxylation sites is 1. The Kier molecular flexibility index (Phi) is 4.81. The van der Waals surface area contributed by atoms with Crippen molar-refractivity contribution < 1.29 is 9.53 Å². The highest BCUT2D eigenvalue weighted by atomic mass is 16.5. The molecule has 2 fully saturated rings. The third kappa shape index (κ3) is 4.43. The van der Waals surface area contributed by atoms with E-state index >= 15 is 0 Å². The van der Waals surface area contributed by atoms with Gasteiger partial charge in [0.2, 0.25) is 0 Å². The number of aromatic nitrogens is 2. The Morgan fingerprint density at radius 2 is 2.07 bits per heavy atom. The zero-order valence-electron chi connectivity index (χ0n) is 16.1. The Labute approximate surface area is 160 Å². The predicted molar refractivity (Wildman–Crippen MR) is 105 cm³/mol. The van der Waals surface area contributed by atoms with Crippen molar-refractivity contribution in [1.29, 1.82) is 0 Å². The molecule has 2 N–H and O–H groups in total. The number of anilines is 1. The smallest absolute Gasteiger partial charge is 0.320 e. The lowest BCUT2D eigenvalue weighted by atomic mass is 10.1. The molecule has 144 valence electrons. The average Bonchev–Trinajstić information content (AvgIpc) is 3.59. The summed E-state index contributed by atoms with van der Waals surface area (Å²) in [6.45, 7) is 5.39. The number of hydrogen-bond donors (Lipinski definition) is 2. The molecule has 0 spiro atoms. The SMILES string of the molecule is Cc1cc(NC(=O)NCC2(COc3ccccc3)CC2)n([C@@H](C)C2CC2)n1. The number of ether oxygens (including phenoxy) is 1. The van der Waals surface area contributed by atoms with Crippen molar-refractivity contribution in [3.05, 3.63) is 42.1 Å². The van der Waals surface area contributed by atoms with Crippen LogP contribution in [0.4, 0.5) is 10.6 Å². The van der Waals surface area contributed by atoms with Gasteiger partial charge in [0, 0.05) is 18.0 Å². The van der Waals surface area contributed by atoms with Gasteiger partial charge in [0.25, 0.3) is 0 Å². The molecule has 1 aromatic carbocycles. The van der Waals surface area contributed by atoms with Gasteiger partial charge < -0.3 is 10.1 Å². The van der Waals surface area contributed by atoms with Crippen LogP contribution in [0.3, 0.4) is 0 Å². The lowest BCUT2D eigenvalue weighted by molar-refractivity contribution is 0.222. The summed E-state index contributed by atoms with van der Waals surface area (Å²) in [4.78, 5) is 12.4. The second-order valence-electron chi connectivity index (χ2n) is 8.10. The quantitative estimate of drug-likeness (QED) is 0.736. The first-order valence-corrected chi connectivity index (χ1v) is 9.84. The summed E-state index contributed by atoms with van der Waals surface area (Å²) in [5, 5.41) is 10.6. The molecule has 6 heteroatoms. The summed E-state index contributed by atoms with van der Waals surface area (Å²) in [7, 11) is 0. The number of urea groups is 1. The van der Waals surface area contributed by atoms with Gasteiger partial charge in [0.1, 0.15) is 11.6 Å². The molecule has 2 aliphatic rings. The van der Waals surface area contributed by atoms with E-state index in [0.29, 0.717) is 25.1 Å². The van der Waals surface area contributed by atoms with Crippen molar-refractivity contribution in [3.63, 3.8) is 0 Å². The first kappa shape index (κ1) is 17.9. The molecule has 0 radical (unpaired) electrons. The maximum Gasteiger partial charge on any atom is 0.320 e. The highest BCUT2D eigenvalue weighted by Gasteiger charge is 2.43. The molecule has 1 aromatic heterocycles. The number of hydrogen-bond acceptors (Lipinski definition) is 3. The Bertz CT molecular complexity index is 794. The molecular formula is C21H28N4O2. The van der Waals surface area contributed by atoms with Crippen LogP contribution >= 0.6 is 0 Å². The second kappa shape index (κ2) is 7.25. The molecule has 1 heterocycles. The molecule has 0 bridgehead atoms. The zero-order chi connectivity index (χ0) is 18.9. The number of aryl methyl sites for hydroxylation is 1. The summed E-state index contributed by atoms with van der Waals surface area (Å²) in [5.74, 6) is 2.33. The molecule has 0 unspecified atom stereocenters. The van der Waals surface area contributed by atoms with Crippen LogP contribution in [-0.4, -0.2) is 29.0 Å². The Hall–Kier alpha value is -2.50. The largest absolute Gasteiger partial charge is 0.493 e. The van der Waals surface area contributed by atoms with E-state index in [4.69, 9.17) is 4.74 Å². The van der Waals surface area contributed by atoms with Gasteiger partial charge in [-0.3, -0.25) is 5.32 Å². The number of benzene rings is 1. The molecule has 0 aliphatic heterocycles. The molecule has 2 amide bonds. The molecule has 1 atom stereocenters. The first-order valence-electron chi connectivity index (χ1n) is 9.84. The van der Waals surface area contributed by atoms with Crippen molar-refractivity contribution in [2.45, 2.75) is 45.6 Å². The number of carbonyl (C=O) groups excluding carboxylic acids is 1. The van der Waals surface area contributed by atoms with Gasteiger partial charge in [0.05, 0.1) is 18.3 Å². The number of carbonyl (C=O) groups is 1. The molecular weight excluding hydrogens is 340 g/mol. The standard InChI is InChI=1S/C21H28N4O2/c1-15-12-19(25(24-15)16(2)17-8-9-17)23-20(26)22-13-21(10-11-21)14-27-18-6-4-3-5-7-18/h3-7,12,16-17H,8-11,13-14H2,1-2H3,(H2,22,23,26)/t16-/m0/s1. The Morgan fingerprint density at radius 1 is 1.33 bits per heavy atom. The van der Waals surface area contributed by atoms with E-state index in [2.05, 4.69) is 22.7 Å². The van der Waals surface area contributed by atoms with Crippen LogP contribution in [0.25, 0.3) is 0 Å². The molecule has 2 aromatic rings.